The van der Waals surface area contributed by atoms with Crippen molar-refractivity contribution < 1.29 is 0 Å². The largest absolute Gasteiger partial charge is 0.298 e. The van der Waals surface area contributed by atoms with E-state index < -0.39 is 0 Å². The van der Waals surface area contributed by atoms with Gasteiger partial charge in [0.25, 0.3) is 0 Å². The molecule has 2 rings (SSSR count). The molecule has 0 N–H and O–H groups in total. The van der Waals surface area contributed by atoms with E-state index in [9.17, 15) is 0 Å². The number of hydrogen-bond donors (Lipinski definition) is 0. The van der Waals surface area contributed by atoms with Crippen molar-refractivity contribution >= 4 is 23.2 Å². The summed E-state index contributed by atoms with van der Waals surface area (Å²) in [6.07, 6.45) is 0. The fourth-order valence-electron chi connectivity index (χ4n) is 1.97. The Morgan fingerprint density at radius 3 is 2.37 bits per heavy atom. The van der Waals surface area contributed by atoms with Crippen LogP contribution in [0.3, 0.4) is 0 Å². The van der Waals surface area contributed by atoms with Crippen LogP contribution < -0.4 is 0 Å². The van der Waals surface area contributed by atoms with Gasteiger partial charge in [-0.25, -0.2) is 0 Å². The highest BCUT2D eigenvalue weighted by Crippen LogP contribution is 2.26. The lowest BCUT2D eigenvalue weighted by atomic mass is 10.1. The molecule has 0 aliphatic heterocycles. The van der Waals surface area contributed by atoms with Crippen LogP contribution >= 0.6 is 23.2 Å². The van der Waals surface area contributed by atoms with Gasteiger partial charge in [0.2, 0.25) is 0 Å². The Labute approximate surface area is 124 Å². The van der Waals surface area contributed by atoms with Crippen LogP contribution in [0, 0.1) is 6.92 Å². The van der Waals surface area contributed by atoms with E-state index in [1.165, 1.54) is 5.56 Å². The molecule has 0 unspecified atom stereocenters. The normalized spacial score (nSPS) is 11.0. The zero-order valence-electron chi connectivity index (χ0n) is 10.9. The van der Waals surface area contributed by atoms with Gasteiger partial charge >= 0.3 is 0 Å². The number of benzene rings is 2. The molecular weight excluding hydrogens is 277 g/mol. The minimum atomic E-state index is 0.606. The third kappa shape index (κ3) is 3.97. The summed E-state index contributed by atoms with van der Waals surface area (Å²) in [5.41, 5.74) is 3.34. The van der Waals surface area contributed by atoms with Gasteiger partial charge in [0.15, 0.2) is 0 Å². The summed E-state index contributed by atoms with van der Waals surface area (Å²) < 4.78 is 0. The zero-order valence-corrected chi connectivity index (χ0v) is 12.4. The van der Waals surface area contributed by atoms with Gasteiger partial charge < -0.3 is 0 Å². The van der Waals surface area contributed by atoms with Crippen molar-refractivity contribution in [3.8, 4) is 0 Å². The standard InChI is InChI=1S/C16H16Cl2N/c1-12-6-8-13(9-7-12)10-19(2)11-14-4-3-5-15(17)16(14)18/h3-9H,1,10-11H2,2H3. The Morgan fingerprint density at radius 2 is 1.68 bits per heavy atom. The molecule has 2 aromatic rings. The molecule has 0 atom stereocenters. The van der Waals surface area contributed by atoms with Crippen molar-refractivity contribution in [2.75, 3.05) is 7.05 Å². The Bertz CT molecular complexity index is 549. The Kier molecular flexibility index (Phi) is 4.87. The first-order valence-electron chi connectivity index (χ1n) is 6.08. The minimum absolute atomic E-state index is 0.606. The lowest BCUT2D eigenvalue weighted by molar-refractivity contribution is 0.319. The van der Waals surface area contributed by atoms with Crippen molar-refractivity contribution in [3.63, 3.8) is 0 Å². The van der Waals surface area contributed by atoms with Crippen molar-refractivity contribution in [3.05, 3.63) is 76.1 Å². The molecule has 0 aromatic heterocycles. The van der Waals surface area contributed by atoms with Crippen LogP contribution in [-0.2, 0) is 13.1 Å². The molecule has 0 amide bonds. The van der Waals surface area contributed by atoms with Gasteiger partial charge in [0, 0.05) is 13.1 Å². The molecule has 0 saturated heterocycles. The van der Waals surface area contributed by atoms with E-state index >= 15 is 0 Å². The topological polar surface area (TPSA) is 3.24 Å². The van der Waals surface area contributed by atoms with Gasteiger partial charge in [-0.05, 0) is 36.7 Å². The highest BCUT2D eigenvalue weighted by Gasteiger charge is 2.07. The van der Waals surface area contributed by atoms with Crippen molar-refractivity contribution in [2.45, 2.75) is 13.1 Å². The number of nitrogens with zero attached hydrogens (tertiary/aromatic N) is 1. The van der Waals surface area contributed by atoms with Crippen LogP contribution in [-0.4, -0.2) is 11.9 Å². The summed E-state index contributed by atoms with van der Waals surface area (Å²) in [7, 11) is 2.06. The second-order valence-electron chi connectivity index (χ2n) is 4.70. The summed E-state index contributed by atoms with van der Waals surface area (Å²) in [5, 5.41) is 1.25. The predicted molar refractivity (Wildman–Crippen MR) is 82.5 cm³/mol. The van der Waals surface area contributed by atoms with E-state index in [1.807, 2.05) is 24.3 Å². The maximum absolute atomic E-state index is 6.19. The molecule has 0 aliphatic rings. The Hall–Kier alpha value is -1.02. The second-order valence-corrected chi connectivity index (χ2v) is 5.49. The fourth-order valence-corrected chi connectivity index (χ4v) is 2.35. The van der Waals surface area contributed by atoms with Crippen LogP contribution in [0.2, 0.25) is 10.0 Å². The van der Waals surface area contributed by atoms with Crippen LogP contribution in [0.25, 0.3) is 0 Å². The van der Waals surface area contributed by atoms with Crippen LogP contribution in [0.1, 0.15) is 16.7 Å². The lowest BCUT2D eigenvalue weighted by Crippen LogP contribution is -2.17. The van der Waals surface area contributed by atoms with E-state index in [0.717, 1.165) is 24.2 Å². The molecule has 0 bridgehead atoms. The monoisotopic (exact) mass is 292 g/mol. The third-order valence-corrected chi connectivity index (χ3v) is 3.81. The number of hydrogen-bond acceptors (Lipinski definition) is 1. The molecule has 3 heteroatoms. The van der Waals surface area contributed by atoms with E-state index in [0.29, 0.717) is 10.0 Å². The first kappa shape index (κ1) is 14.4. The first-order chi connectivity index (χ1) is 9.06. The first-order valence-corrected chi connectivity index (χ1v) is 6.84. The smallest absolute Gasteiger partial charge is 0.0637 e. The molecular formula is C16H16Cl2N. The summed E-state index contributed by atoms with van der Waals surface area (Å²) in [4.78, 5) is 2.20. The van der Waals surface area contributed by atoms with Crippen LogP contribution in [0.5, 0.6) is 0 Å². The van der Waals surface area contributed by atoms with Crippen LogP contribution in [0.15, 0.2) is 42.5 Å². The van der Waals surface area contributed by atoms with E-state index in [1.54, 1.807) is 6.07 Å². The molecule has 1 nitrogen and oxygen atoms in total. The van der Waals surface area contributed by atoms with Gasteiger partial charge in [0.05, 0.1) is 10.0 Å². The van der Waals surface area contributed by atoms with E-state index in [4.69, 9.17) is 23.2 Å². The molecule has 2 aromatic carbocycles. The third-order valence-electron chi connectivity index (χ3n) is 2.95. The Balaban J connectivity index is 2.03. The average Bonchev–Trinajstić information content (AvgIpc) is 2.38. The van der Waals surface area contributed by atoms with Gasteiger partial charge in [-0.1, -0.05) is 59.6 Å². The quantitative estimate of drug-likeness (QED) is 0.782. The summed E-state index contributed by atoms with van der Waals surface area (Å²) in [6.45, 7) is 5.52. The van der Waals surface area contributed by atoms with E-state index in [-0.39, 0.29) is 0 Å². The highest BCUT2D eigenvalue weighted by molar-refractivity contribution is 6.42. The summed E-state index contributed by atoms with van der Waals surface area (Å²) >= 11 is 12.2. The molecule has 19 heavy (non-hydrogen) atoms. The van der Waals surface area contributed by atoms with Crippen molar-refractivity contribution in [1.82, 2.24) is 4.90 Å². The van der Waals surface area contributed by atoms with Gasteiger partial charge in [-0.2, -0.15) is 0 Å². The molecule has 0 heterocycles. The maximum Gasteiger partial charge on any atom is 0.0637 e. The molecule has 1 radical (unpaired) electrons. The average molecular weight is 293 g/mol. The van der Waals surface area contributed by atoms with Crippen molar-refractivity contribution in [2.24, 2.45) is 0 Å². The Morgan fingerprint density at radius 1 is 1.00 bits per heavy atom. The molecule has 0 saturated carbocycles. The minimum Gasteiger partial charge on any atom is -0.298 e. The highest BCUT2D eigenvalue weighted by atomic mass is 35.5. The zero-order chi connectivity index (χ0) is 13.8. The summed E-state index contributed by atoms with van der Waals surface area (Å²) in [5.74, 6) is 0. The fraction of sp³-hybridized carbons (Fsp3) is 0.188. The predicted octanol–water partition coefficient (Wildman–Crippen LogP) is 4.81. The number of halogens is 2. The summed E-state index contributed by atoms with van der Waals surface area (Å²) in [6, 6.07) is 14.0. The van der Waals surface area contributed by atoms with E-state index in [2.05, 4.69) is 31.0 Å². The van der Waals surface area contributed by atoms with Gasteiger partial charge in [-0.15, -0.1) is 0 Å². The molecule has 0 fully saturated rings. The lowest BCUT2D eigenvalue weighted by Gasteiger charge is -2.18. The molecule has 0 spiro atoms. The molecule has 99 valence electrons. The van der Waals surface area contributed by atoms with Gasteiger partial charge in [0.1, 0.15) is 0 Å². The maximum atomic E-state index is 6.19. The number of rotatable bonds is 4. The SMILES string of the molecule is [CH2]c1ccc(CN(C)Cc2cccc(Cl)c2Cl)cc1. The van der Waals surface area contributed by atoms with Crippen LogP contribution in [0.4, 0.5) is 0 Å². The van der Waals surface area contributed by atoms with Crippen molar-refractivity contribution in [1.29, 1.82) is 0 Å². The second kappa shape index (κ2) is 6.42. The molecule has 0 aliphatic carbocycles. The van der Waals surface area contributed by atoms with Gasteiger partial charge in [-0.3, -0.25) is 4.90 Å².